The molecule has 0 fully saturated rings. The molecule has 2 N–H and O–H groups in total. The van der Waals surface area contributed by atoms with Crippen molar-refractivity contribution in [2.75, 3.05) is 34.4 Å². The highest BCUT2D eigenvalue weighted by molar-refractivity contribution is 5.83. The van der Waals surface area contributed by atoms with Gasteiger partial charge < -0.3 is 19.9 Å². The molecule has 2 atom stereocenters. The number of carbonyl (C=O) groups excluding carboxylic acids is 1. The van der Waals surface area contributed by atoms with Crippen LogP contribution in [0.4, 0.5) is 0 Å². The van der Waals surface area contributed by atoms with Crippen LogP contribution < -0.4 is 14.8 Å². The standard InChI is InChI=1S/C21H28N2O4/c1-5-23(2)20(15-9-7-6-8-10-15)21(25)22-14-18(24)17-13-16(26-3)11-12-19(17)27-4/h6-13,18,20,24H,5,14H2,1-4H3,(H,22,25). The highest BCUT2D eigenvalue weighted by atomic mass is 16.5. The van der Waals surface area contributed by atoms with Crippen LogP contribution in [-0.2, 0) is 4.79 Å². The molecule has 0 aliphatic rings. The van der Waals surface area contributed by atoms with Gasteiger partial charge in [0, 0.05) is 12.1 Å². The van der Waals surface area contributed by atoms with Gasteiger partial charge in [0.2, 0.25) is 5.91 Å². The zero-order chi connectivity index (χ0) is 19.8. The van der Waals surface area contributed by atoms with Crippen molar-refractivity contribution in [2.24, 2.45) is 0 Å². The number of hydrogen-bond acceptors (Lipinski definition) is 5. The molecule has 0 saturated carbocycles. The number of aliphatic hydroxyl groups excluding tert-OH is 1. The lowest BCUT2D eigenvalue weighted by Crippen LogP contribution is -2.40. The third-order valence-electron chi connectivity index (χ3n) is 4.57. The summed E-state index contributed by atoms with van der Waals surface area (Å²) in [5.41, 5.74) is 1.48. The molecular weight excluding hydrogens is 344 g/mol. The van der Waals surface area contributed by atoms with Crippen LogP contribution in [0.2, 0.25) is 0 Å². The number of ether oxygens (including phenoxy) is 2. The van der Waals surface area contributed by atoms with Crippen molar-refractivity contribution in [1.29, 1.82) is 0 Å². The Morgan fingerprint density at radius 2 is 1.85 bits per heavy atom. The van der Waals surface area contributed by atoms with E-state index in [0.717, 1.165) is 12.1 Å². The summed E-state index contributed by atoms with van der Waals surface area (Å²) in [6.07, 6.45) is -0.914. The first-order valence-corrected chi connectivity index (χ1v) is 8.94. The summed E-state index contributed by atoms with van der Waals surface area (Å²) in [5.74, 6) is 0.998. The van der Waals surface area contributed by atoms with Crippen LogP contribution in [0.5, 0.6) is 11.5 Å². The van der Waals surface area contributed by atoms with Crippen LogP contribution >= 0.6 is 0 Å². The van der Waals surface area contributed by atoms with E-state index in [1.54, 1.807) is 25.3 Å². The molecule has 0 saturated heterocycles. The SMILES string of the molecule is CCN(C)C(C(=O)NCC(O)c1cc(OC)ccc1OC)c1ccccc1. The molecule has 0 aliphatic carbocycles. The summed E-state index contributed by atoms with van der Waals surface area (Å²) < 4.78 is 10.5. The molecule has 1 amide bonds. The topological polar surface area (TPSA) is 71.0 Å². The lowest BCUT2D eigenvalue weighted by Gasteiger charge is -2.27. The van der Waals surface area contributed by atoms with Crippen molar-refractivity contribution >= 4 is 5.91 Å². The number of nitrogens with zero attached hydrogens (tertiary/aromatic N) is 1. The van der Waals surface area contributed by atoms with Crippen LogP contribution in [-0.4, -0.2) is 50.3 Å². The molecule has 146 valence electrons. The van der Waals surface area contributed by atoms with Crippen molar-refractivity contribution in [3.8, 4) is 11.5 Å². The van der Waals surface area contributed by atoms with Crippen LogP contribution in [0.3, 0.4) is 0 Å². The molecule has 27 heavy (non-hydrogen) atoms. The number of amides is 1. The Hall–Kier alpha value is -2.57. The van der Waals surface area contributed by atoms with Crippen molar-refractivity contribution in [1.82, 2.24) is 10.2 Å². The normalized spacial score (nSPS) is 13.1. The fourth-order valence-corrected chi connectivity index (χ4v) is 2.93. The fraction of sp³-hybridized carbons (Fsp3) is 0.381. The maximum atomic E-state index is 12.8. The minimum absolute atomic E-state index is 0.0727. The van der Waals surface area contributed by atoms with Gasteiger partial charge in [-0.3, -0.25) is 9.69 Å². The first-order chi connectivity index (χ1) is 13.0. The molecule has 0 bridgehead atoms. The second kappa shape index (κ2) is 9.94. The Morgan fingerprint density at radius 1 is 1.15 bits per heavy atom. The van der Waals surface area contributed by atoms with Crippen molar-refractivity contribution < 1.29 is 19.4 Å². The largest absolute Gasteiger partial charge is 0.497 e. The van der Waals surface area contributed by atoms with E-state index in [0.29, 0.717) is 17.1 Å². The van der Waals surface area contributed by atoms with Gasteiger partial charge in [-0.05, 0) is 37.4 Å². The van der Waals surface area contributed by atoms with Gasteiger partial charge in [0.05, 0.1) is 20.3 Å². The van der Waals surface area contributed by atoms with Crippen LogP contribution in [0.25, 0.3) is 0 Å². The number of hydrogen-bond donors (Lipinski definition) is 2. The molecule has 0 radical (unpaired) electrons. The van der Waals surface area contributed by atoms with E-state index < -0.39 is 12.1 Å². The number of carbonyl (C=O) groups is 1. The zero-order valence-corrected chi connectivity index (χ0v) is 16.3. The van der Waals surface area contributed by atoms with Crippen molar-refractivity contribution in [3.05, 3.63) is 59.7 Å². The molecule has 6 heteroatoms. The predicted octanol–water partition coefficient (Wildman–Crippen LogP) is 2.55. The lowest BCUT2D eigenvalue weighted by molar-refractivity contribution is -0.126. The molecule has 2 rings (SSSR count). The van der Waals surface area contributed by atoms with Gasteiger partial charge in [-0.1, -0.05) is 37.3 Å². The van der Waals surface area contributed by atoms with E-state index in [1.807, 2.05) is 49.2 Å². The Labute approximate surface area is 160 Å². The number of benzene rings is 2. The average Bonchev–Trinajstić information content (AvgIpc) is 2.72. The highest BCUT2D eigenvalue weighted by Gasteiger charge is 2.25. The monoisotopic (exact) mass is 372 g/mol. The fourth-order valence-electron chi connectivity index (χ4n) is 2.93. The van der Waals surface area contributed by atoms with E-state index in [-0.39, 0.29) is 12.5 Å². The summed E-state index contributed by atoms with van der Waals surface area (Å²) in [6, 6.07) is 14.4. The molecule has 2 aromatic rings. The van der Waals surface area contributed by atoms with Crippen molar-refractivity contribution in [3.63, 3.8) is 0 Å². The van der Waals surface area contributed by atoms with Crippen LogP contribution in [0, 0.1) is 0 Å². The Balaban J connectivity index is 2.13. The van der Waals surface area contributed by atoms with Crippen molar-refractivity contribution in [2.45, 2.75) is 19.1 Å². The minimum Gasteiger partial charge on any atom is -0.497 e. The summed E-state index contributed by atoms with van der Waals surface area (Å²) in [4.78, 5) is 14.8. The van der Waals surface area contributed by atoms with Gasteiger partial charge in [0.25, 0.3) is 0 Å². The molecule has 0 spiro atoms. The summed E-state index contributed by atoms with van der Waals surface area (Å²) in [6.45, 7) is 2.79. The van der Waals surface area contributed by atoms with Gasteiger partial charge in [0.1, 0.15) is 17.5 Å². The third kappa shape index (κ3) is 5.21. The number of methoxy groups -OCH3 is 2. The number of nitrogens with one attached hydrogen (secondary N) is 1. The predicted molar refractivity (Wildman–Crippen MR) is 105 cm³/mol. The summed E-state index contributed by atoms with van der Waals surface area (Å²) >= 11 is 0. The van der Waals surface area contributed by atoms with Gasteiger partial charge in [-0.2, -0.15) is 0 Å². The maximum absolute atomic E-state index is 12.8. The van der Waals surface area contributed by atoms with E-state index in [4.69, 9.17) is 9.47 Å². The van der Waals surface area contributed by atoms with Gasteiger partial charge >= 0.3 is 0 Å². The van der Waals surface area contributed by atoms with Gasteiger partial charge in [0.15, 0.2) is 0 Å². The number of aliphatic hydroxyl groups is 1. The quantitative estimate of drug-likeness (QED) is 0.708. The summed E-state index contributed by atoms with van der Waals surface area (Å²) in [7, 11) is 5.00. The minimum atomic E-state index is -0.914. The molecule has 2 unspecified atom stereocenters. The van der Waals surface area contributed by atoms with Gasteiger partial charge in [-0.25, -0.2) is 0 Å². The molecule has 2 aromatic carbocycles. The third-order valence-corrected chi connectivity index (χ3v) is 4.57. The van der Waals surface area contributed by atoms with E-state index in [2.05, 4.69) is 5.32 Å². The molecule has 0 aromatic heterocycles. The highest BCUT2D eigenvalue weighted by Crippen LogP contribution is 2.29. The van der Waals surface area contributed by atoms with Crippen LogP contribution in [0.15, 0.2) is 48.5 Å². The number of likely N-dealkylation sites (N-methyl/N-ethyl adjacent to an activating group) is 1. The second-order valence-corrected chi connectivity index (χ2v) is 6.26. The first-order valence-electron chi connectivity index (χ1n) is 8.94. The average molecular weight is 372 g/mol. The summed E-state index contributed by atoms with van der Waals surface area (Å²) in [5, 5.41) is 13.4. The molecule has 0 heterocycles. The Morgan fingerprint density at radius 3 is 2.44 bits per heavy atom. The van der Waals surface area contributed by atoms with E-state index in [1.165, 1.54) is 7.11 Å². The zero-order valence-electron chi connectivity index (χ0n) is 16.3. The van der Waals surface area contributed by atoms with E-state index >= 15 is 0 Å². The van der Waals surface area contributed by atoms with Crippen LogP contribution in [0.1, 0.15) is 30.2 Å². The molecule has 0 aliphatic heterocycles. The smallest absolute Gasteiger partial charge is 0.242 e. The molecule has 6 nitrogen and oxygen atoms in total. The first kappa shape index (κ1) is 20.7. The lowest BCUT2D eigenvalue weighted by atomic mass is 10.0. The molecular formula is C21H28N2O4. The maximum Gasteiger partial charge on any atom is 0.242 e. The Kier molecular flexibility index (Phi) is 7.64. The van der Waals surface area contributed by atoms with Gasteiger partial charge in [-0.15, -0.1) is 0 Å². The number of rotatable bonds is 9. The second-order valence-electron chi connectivity index (χ2n) is 6.26. The van der Waals surface area contributed by atoms with E-state index in [9.17, 15) is 9.90 Å². The Bertz CT molecular complexity index is 736.